The average molecular weight is 414 g/mol. The van der Waals surface area contributed by atoms with Gasteiger partial charge in [0.25, 0.3) is 5.91 Å². The van der Waals surface area contributed by atoms with Crippen molar-refractivity contribution in [3.05, 3.63) is 59.8 Å². The minimum atomic E-state index is -0.212. The van der Waals surface area contributed by atoms with Gasteiger partial charge in [-0.05, 0) is 42.5 Å². The first-order valence-electron chi connectivity index (χ1n) is 9.74. The van der Waals surface area contributed by atoms with E-state index in [0.29, 0.717) is 10.8 Å². The lowest BCUT2D eigenvalue weighted by Crippen LogP contribution is -2.38. The van der Waals surface area contributed by atoms with Crippen LogP contribution in [0.5, 0.6) is 5.75 Å². The lowest BCUT2D eigenvalue weighted by atomic mass is 10.2. The highest BCUT2D eigenvalue weighted by Gasteiger charge is 2.11. The number of carbonyl (C=O) groups excluding carboxylic acids is 1. The van der Waals surface area contributed by atoms with Crippen molar-refractivity contribution < 1.29 is 14.3 Å². The summed E-state index contributed by atoms with van der Waals surface area (Å²) in [5.41, 5.74) is 1.91. The maximum absolute atomic E-state index is 12.2. The molecule has 1 aliphatic heterocycles. The van der Waals surface area contributed by atoms with Gasteiger partial charge in [-0.3, -0.25) is 9.69 Å². The predicted molar refractivity (Wildman–Crippen MR) is 115 cm³/mol. The largest absolute Gasteiger partial charge is 0.484 e. The zero-order valence-electron chi connectivity index (χ0n) is 16.1. The van der Waals surface area contributed by atoms with Crippen LogP contribution in [0.1, 0.15) is 0 Å². The van der Waals surface area contributed by atoms with Gasteiger partial charge in [0.05, 0.1) is 13.2 Å². The summed E-state index contributed by atoms with van der Waals surface area (Å²) in [7, 11) is 0. The molecule has 0 unspecified atom stereocenters. The van der Waals surface area contributed by atoms with Gasteiger partial charge in [-0.15, -0.1) is 0 Å². The number of hydrogen-bond donors (Lipinski definition) is 1. The van der Waals surface area contributed by atoms with Crippen molar-refractivity contribution >= 4 is 34.1 Å². The Bertz CT molecular complexity index is 982. The zero-order valence-corrected chi connectivity index (χ0v) is 16.9. The Morgan fingerprint density at radius 2 is 1.97 bits per heavy atom. The number of anilines is 1. The fourth-order valence-electron chi connectivity index (χ4n) is 3.45. The average Bonchev–Trinajstić information content (AvgIpc) is 3.14. The number of ether oxygens (including phenoxy) is 2. The summed E-state index contributed by atoms with van der Waals surface area (Å²) in [5.74, 6) is 0.358. The standard InChI is InChI=1S/C22H24ClN3O3/c23-18-2-1-3-20(15-18)29-16-22(27)24-19-4-5-21-17(14-19)6-7-26(21)9-8-25-10-12-28-13-11-25/h1-7,14-15H,8-13,16H2,(H,24,27). The Morgan fingerprint density at radius 1 is 1.10 bits per heavy atom. The summed E-state index contributed by atoms with van der Waals surface area (Å²) < 4.78 is 13.1. The molecule has 2 aromatic carbocycles. The van der Waals surface area contributed by atoms with Gasteiger partial charge >= 0.3 is 0 Å². The number of morpholine rings is 1. The third-order valence-corrected chi connectivity index (χ3v) is 5.22. The minimum Gasteiger partial charge on any atom is -0.484 e. The van der Waals surface area contributed by atoms with Crippen molar-refractivity contribution in [1.29, 1.82) is 0 Å². The summed E-state index contributed by atoms with van der Waals surface area (Å²) in [6, 6.07) is 15.0. The summed E-state index contributed by atoms with van der Waals surface area (Å²) in [4.78, 5) is 14.6. The Hall–Kier alpha value is -2.54. The first kappa shape index (κ1) is 19.8. The van der Waals surface area contributed by atoms with Crippen LogP contribution in [-0.2, 0) is 16.1 Å². The van der Waals surface area contributed by atoms with Crippen LogP contribution < -0.4 is 10.1 Å². The van der Waals surface area contributed by atoms with Crippen LogP contribution in [0.15, 0.2) is 54.7 Å². The van der Waals surface area contributed by atoms with Crippen LogP contribution in [0.25, 0.3) is 10.9 Å². The van der Waals surface area contributed by atoms with Gasteiger partial charge in [0.15, 0.2) is 6.61 Å². The molecule has 0 bridgehead atoms. The molecule has 2 heterocycles. The van der Waals surface area contributed by atoms with Gasteiger partial charge in [-0.25, -0.2) is 0 Å². The second-order valence-electron chi connectivity index (χ2n) is 7.03. The van der Waals surface area contributed by atoms with E-state index in [9.17, 15) is 4.79 Å². The number of hydrogen-bond acceptors (Lipinski definition) is 4. The van der Waals surface area contributed by atoms with Crippen molar-refractivity contribution in [2.24, 2.45) is 0 Å². The minimum absolute atomic E-state index is 0.0705. The molecular formula is C22H24ClN3O3. The summed E-state index contributed by atoms with van der Waals surface area (Å²) in [5, 5.41) is 4.56. The molecule has 1 fully saturated rings. The molecule has 1 aromatic heterocycles. The molecule has 1 saturated heterocycles. The van der Waals surface area contributed by atoms with Crippen molar-refractivity contribution in [2.75, 3.05) is 44.8 Å². The highest BCUT2D eigenvalue weighted by molar-refractivity contribution is 6.30. The quantitative estimate of drug-likeness (QED) is 0.642. The molecule has 6 nitrogen and oxygen atoms in total. The van der Waals surface area contributed by atoms with Crippen LogP contribution in [0.3, 0.4) is 0 Å². The predicted octanol–water partition coefficient (Wildman–Crippen LogP) is 3.64. The number of aromatic nitrogens is 1. The van der Waals surface area contributed by atoms with Gasteiger partial charge in [-0.1, -0.05) is 17.7 Å². The molecule has 0 spiro atoms. The smallest absolute Gasteiger partial charge is 0.262 e. The molecule has 1 aliphatic rings. The van der Waals surface area contributed by atoms with Gasteiger partial charge < -0.3 is 19.4 Å². The van der Waals surface area contributed by atoms with Crippen molar-refractivity contribution in [3.8, 4) is 5.75 Å². The van der Waals surface area contributed by atoms with Gasteiger partial charge in [-0.2, -0.15) is 0 Å². The van der Waals surface area contributed by atoms with Gasteiger partial charge in [0.2, 0.25) is 0 Å². The first-order valence-corrected chi connectivity index (χ1v) is 10.1. The van der Waals surface area contributed by atoms with E-state index in [1.165, 1.54) is 0 Å². The number of nitrogens with zero attached hydrogens (tertiary/aromatic N) is 2. The normalized spacial score (nSPS) is 14.8. The van der Waals surface area contributed by atoms with Gasteiger partial charge in [0, 0.05) is 54.0 Å². The third-order valence-electron chi connectivity index (χ3n) is 4.98. The fourth-order valence-corrected chi connectivity index (χ4v) is 3.63. The number of amides is 1. The Labute approximate surface area is 175 Å². The molecule has 4 rings (SSSR count). The molecule has 29 heavy (non-hydrogen) atoms. The highest BCUT2D eigenvalue weighted by Crippen LogP contribution is 2.21. The van der Waals surface area contributed by atoms with Crippen molar-refractivity contribution in [1.82, 2.24) is 9.47 Å². The highest BCUT2D eigenvalue weighted by atomic mass is 35.5. The van der Waals surface area contributed by atoms with Crippen LogP contribution in [0.2, 0.25) is 5.02 Å². The third kappa shape index (κ3) is 5.29. The van der Waals surface area contributed by atoms with E-state index in [4.69, 9.17) is 21.1 Å². The number of carbonyl (C=O) groups is 1. The molecular weight excluding hydrogens is 390 g/mol. The molecule has 3 aromatic rings. The number of halogens is 1. The van der Waals surface area contributed by atoms with E-state index < -0.39 is 0 Å². The number of rotatable bonds is 7. The molecule has 0 radical (unpaired) electrons. The molecule has 0 aliphatic carbocycles. The maximum Gasteiger partial charge on any atom is 0.262 e. The molecule has 7 heteroatoms. The van der Waals surface area contributed by atoms with E-state index in [0.717, 1.165) is 56.0 Å². The van der Waals surface area contributed by atoms with E-state index in [2.05, 4.69) is 27.0 Å². The van der Waals surface area contributed by atoms with E-state index in [-0.39, 0.29) is 12.5 Å². The maximum atomic E-state index is 12.2. The van der Waals surface area contributed by atoms with Crippen LogP contribution in [-0.4, -0.2) is 54.8 Å². The molecule has 152 valence electrons. The van der Waals surface area contributed by atoms with Crippen molar-refractivity contribution in [2.45, 2.75) is 6.54 Å². The Balaban J connectivity index is 1.33. The molecule has 1 N–H and O–H groups in total. The summed E-state index contributed by atoms with van der Waals surface area (Å²) >= 11 is 5.92. The SMILES string of the molecule is O=C(COc1cccc(Cl)c1)Nc1ccc2c(ccn2CCN2CCOCC2)c1. The first-order chi connectivity index (χ1) is 14.2. The van der Waals surface area contributed by atoms with E-state index in [1.54, 1.807) is 24.3 Å². The van der Waals surface area contributed by atoms with Crippen LogP contribution in [0.4, 0.5) is 5.69 Å². The number of benzene rings is 2. The van der Waals surface area contributed by atoms with Crippen LogP contribution >= 0.6 is 11.6 Å². The second kappa shape index (κ2) is 9.31. The van der Waals surface area contributed by atoms with E-state index >= 15 is 0 Å². The Kier molecular flexibility index (Phi) is 6.34. The topological polar surface area (TPSA) is 55.7 Å². The molecule has 0 atom stereocenters. The second-order valence-corrected chi connectivity index (χ2v) is 7.47. The number of fused-ring (bicyclic) bond motifs is 1. The fraction of sp³-hybridized carbons (Fsp3) is 0.318. The Morgan fingerprint density at radius 3 is 2.79 bits per heavy atom. The van der Waals surface area contributed by atoms with Gasteiger partial charge in [0.1, 0.15) is 5.75 Å². The monoisotopic (exact) mass is 413 g/mol. The van der Waals surface area contributed by atoms with Crippen LogP contribution in [0, 0.1) is 0 Å². The summed E-state index contributed by atoms with van der Waals surface area (Å²) in [6.07, 6.45) is 2.10. The lowest BCUT2D eigenvalue weighted by molar-refractivity contribution is -0.118. The van der Waals surface area contributed by atoms with E-state index in [1.807, 2.05) is 18.2 Å². The zero-order chi connectivity index (χ0) is 20.1. The molecule has 0 saturated carbocycles. The lowest BCUT2D eigenvalue weighted by Gasteiger charge is -2.26. The van der Waals surface area contributed by atoms with Crippen molar-refractivity contribution in [3.63, 3.8) is 0 Å². The summed E-state index contributed by atoms with van der Waals surface area (Å²) in [6.45, 7) is 5.49. The molecule has 1 amide bonds. The number of nitrogens with one attached hydrogen (secondary N) is 1.